The number of halogens is 1. The van der Waals surface area contributed by atoms with Gasteiger partial charge in [0, 0.05) is 24.2 Å². The lowest BCUT2D eigenvalue weighted by atomic mass is 10.1. The SMILES string of the molecule is CS(=O)(=O)CCc1ccc(Nc2ncc(Cl)cc2[N+](=O)[O-])cc1. The lowest BCUT2D eigenvalue weighted by molar-refractivity contribution is -0.384. The van der Waals surface area contributed by atoms with Gasteiger partial charge in [-0.15, -0.1) is 0 Å². The summed E-state index contributed by atoms with van der Waals surface area (Å²) < 4.78 is 22.3. The van der Waals surface area contributed by atoms with E-state index in [0.717, 1.165) is 5.56 Å². The Hall–Kier alpha value is -2.19. The molecule has 1 heterocycles. The molecule has 1 N–H and O–H groups in total. The highest BCUT2D eigenvalue weighted by molar-refractivity contribution is 7.90. The first-order valence-corrected chi connectivity index (χ1v) is 9.02. The lowest BCUT2D eigenvalue weighted by Crippen LogP contribution is -2.05. The molecule has 1 aromatic carbocycles. The number of hydrogen-bond acceptors (Lipinski definition) is 6. The van der Waals surface area contributed by atoms with Crippen LogP contribution >= 0.6 is 11.6 Å². The number of nitrogens with zero attached hydrogens (tertiary/aromatic N) is 2. The van der Waals surface area contributed by atoms with E-state index < -0.39 is 14.8 Å². The van der Waals surface area contributed by atoms with Crippen molar-refractivity contribution in [3.63, 3.8) is 0 Å². The highest BCUT2D eigenvalue weighted by Crippen LogP contribution is 2.27. The number of hydrogen-bond donors (Lipinski definition) is 1. The van der Waals surface area contributed by atoms with Crippen LogP contribution in [0.25, 0.3) is 0 Å². The van der Waals surface area contributed by atoms with E-state index in [9.17, 15) is 18.5 Å². The minimum Gasteiger partial charge on any atom is -0.334 e. The van der Waals surface area contributed by atoms with Crippen molar-refractivity contribution in [3.8, 4) is 0 Å². The summed E-state index contributed by atoms with van der Waals surface area (Å²) in [5.41, 5.74) is 1.24. The normalized spacial score (nSPS) is 11.2. The maximum Gasteiger partial charge on any atom is 0.313 e. The molecule has 0 aliphatic carbocycles. The predicted octanol–water partition coefficient (Wildman–Crippen LogP) is 2.97. The van der Waals surface area contributed by atoms with E-state index in [-0.39, 0.29) is 22.3 Å². The number of aromatic nitrogens is 1. The number of pyridine rings is 1. The fourth-order valence-electron chi connectivity index (χ4n) is 1.86. The number of anilines is 2. The van der Waals surface area contributed by atoms with E-state index in [4.69, 9.17) is 11.6 Å². The number of rotatable bonds is 6. The van der Waals surface area contributed by atoms with Crippen LogP contribution in [0.1, 0.15) is 5.56 Å². The molecule has 0 atom stereocenters. The molecule has 0 amide bonds. The van der Waals surface area contributed by atoms with E-state index in [1.165, 1.54) is 18.5 Å². The smallest absolute Gasteiger partial charge is 0.313 e. The number of nitrogens with one attached hydrogen (secondary N) is 1. The van der Waals surface area contributed by atoms with Crippen molar-refractivity contribution in [2.45, 2.75) is 6.42 Å². The predicted molar refractivity (Wildman–Crippen MR) is 89.0 cm³/mol. The van der Waals surface area contributed by atoms with Crippen molar-refractivity contribution >= 4 is 38.6 Å². The molecule has 0 radical (unpaired) electrons. The fourth-order valence-corrected chi connectivity index (χ4v) is 2.62. The first kappa shape index (κ1) is 17.2. The van der Waals surface area contributed by atoms with E-state index in [1.54, 1.807) is 24.3 Å². The number of nitro groups is 1. The van der Waals surface area contributed by atoms with E-state index in [0.29, 0.717) is 12.1 Å². The molecule has 0 unspecified atom stereocenters. The zero-order valence-electron chi connectivity index (χ0n) is 12.2. The summed E-state index contributed by atoms with van der Waals surface area (Å²) in [5.74, 6) is 0.160. The molecule has 1 aromatic heterocycles. The standard InChI is InChI=1S/C14H14ClN3O4S/c1-23(21,22)7-6-10-2-4-12(5-3-10)17-14-13(18(19)20)8-11(15)9-16-14/h2-5,8-9H,6-7H2,1H3,(H,16,17). The topological polar surface area (TPSA) is 102 Å². The van der Waals surface area contributed by atoms with Gasteiger partial charge in [-0.2, -0.15) is 0 Å². The third kappa shape index (κ3) is 5.19. The van der Waals surface area contributed by atoms with Crippen LogP contribution in [0, 0.1) is 10.1 Å². The van der Waals surface area contributed by atoms with Crippen LogP contribution in [-0.2, 0) is 16.3 Å². The third-order valence-corrected chi connectivity index (χ3v) is 4.16. The summed E-state index contributed by atoms with van der Waals surface area (Å²) in [5, 5.41) is 14.0. The summed E-state index contributed by atoms with van der Waals surface area (Å²) in [6, 6.07) is 8.15. The molecule has 122 valence electrons. The minimum absolute atomic E-state index is 0.0734. The molecule has 0 bridgehead atoms. The maximum absolute atomic E-state index is 11.1. The van der Waals surface area contributed by atoms with Crippen molar-refractivity contribution in [1.82, 2.24) is 4.98 Å². The molecule has 0 saturated carbocycles. The van der Waals surface area contributed by atoms with Crippen LogP contribution in [-0.4, -0.2) is 30.3 Å². The van der Waals surface area contributed by atoms with Gasteiger partial charge in [-0.3, -0.25) is 10.1 Å². The van der Waals surface area contributed by atoms with Crippen molar-refractivity contribution in [2.75, 3.05) is 17.3 Å². The van der Waals surface area contributed by atoms with Gasteiger partial charge in [-0.1, -0.05) is 23.7 Å². The molecule has 0 aliphatic heterocycles. The number of aryl methyl sites for hydroxylation is 1. The maximum atomic E-state index is 11.1. The highest BCUT2D eigenvalue weighted by atomic mass is 35.5. The molecule has 7 nitrogen and oxygen atoms in total. The Labute approximate surface area is 138 Å². The van der Waals surface area contributed by atoms with Crippen LogP contribution in [0.5, 0.6) is 0 Å². The van der Waals surface area contributed by atoms with Gasteiger partial charge in [-0.05, 0) is 24.1 Å². The van der Waals surface area contributed by atoms with Crippen molar-refractivity contribution in [2.24, 2.45) is 0 Å². The van der Waals surface area contributed by atoms with Crippen LogP contribution < -0.4 is 5.32 Å². The van der Waals surface area contributed by atoms with Crippen LogP contribution in [0.4, 0.5) is 17.2 Å². The average Bonchev–Trinajstić information content (AvgIpc) is 2.47. The molecule has 0 fully saturated rings. The Morgan fingerprint density at radius 3 is 2.52 bits per heavy atom. The second-order valence-electron chi connectivity index (χ2n) is 4.98. The Bertz CT molecular complexity index is 822. The van der Waals surface area contributed by atoms with Crippen LogP contribution in [0.3, 0.4) is 0 Å². The van der Waals surface area contributed by atoms with Crippen LogP contribution in [0.15, 0.2) is 36.5 Å². The zero-order valence-corrected chi connectivity index (χ0v) is 13.8. The lowest BCUT2D eigenvalue weighted by Gasteiger charge is -2.07. The second-order valence-corrected chi connectivity index (χ2v) is 7.68. The first-order valence-electron chi connectivity index (χ1n) is 6.58. The Kier molecular flexibility index (Phi) is 5.17. The van der Waals surface area contributed by atoms with Gasteiger partial charge < -0.3 is 5.32 Å². The largest absolute Gasteiger partial charge is 0.334 e. The molecular weight excluding hydrogens is 342 g/mol. The second kappa shape index (κ2) is 6.93. The molecule has 9 heteroatoms. The van der Waals surface area contributed by atoms with Gasteiger partial charge in [0.25, 0.3) is 0 Å². The summed E-state index contributed by atoms with van der Waals surface area (Å²) in [6.45, 7) is 0. The molecule has 0 saturated heterocycles. The first-order chi connectivity index (χ1) is 10.7. The Morgan fingerprint density at radius 1 is 1.30 bits per heavy atom. The molecule has 0 aliphatic rings. The van der Waals surface area contributed by atoms with Crippen molar-refractivity contribution < 1.29 is 13.3 Å². The summed E-state index contributed by atoms with van der Waals surface area (Å²) in [6.07, 6.45) is 2.92. The average molecular weight is 356 g/mol. The molecule has 2 aromatic rings. The van der Waals surface area contributed by atoms with Gasteiger partial charge >= 0.3 is 5.69 Å². The summed E-state index contributed by atoms with van der Waals surface area (Å²) in [4.78, 5) is 14.4. The zero-order chi connectivity index (χ0) is 17.0. The number of sulfone groups is 1. The van der Waals surface area contributed by atoms with Gasteiger partial charge in [0.15, 0.2) is 0 Å². The summed E-state index contributed by atoms with van der Waals surface area (Å²) >= 11 is 5.71. The fraction of sp³-hybridized carbons (Fsp3) is 0.214. The molecular formula is C14H14ClN3O4S. The molecule has 23 heavy (non-hydrogen) atoms. The van der Waals surface area contributed by atoms with Gasteiger partial charge in [0.05, 0.1) is 15.7 Å². The highest BCUT2D eigenvalue weighted by Gasteiger charge is 2.16. The Balaban J connectivity index is 2.14. The third-order valence-electron chi connectivity index (χ3n) is 3.01. The van der Waals surface area contributed by atoms with E-state index in [2.05, 4.69) is 10.3 Å². The van der Waals surface area contributed by atoms with Crippen molar-refractivity contribution in [1.29, 1.82) is 0 Å². The van der Waals surface area contributed by atoms with Crippen LogP contribution in [0.2, 0.25) is 5.02 Å². The minimum atomic E-state index is -3.01. The quantitative estimate of drug-likeness (QED) is 0.631. The van der Waals surface area contributed by atoms with Crippen molar-refractivity contribution in [3.05, 3.63) is 57.2 Å². The van der Waals surface area contributed by atoms with Gasteiger partial charge in [-0.25, -0.2) is 13.4 Å². The Morgan fingerprint density at radius 2 is 1.96 bits per heavy atom. The molecule has 2 rings (SSSR count). The van der Waals surface area contributed by atoms with E-state index in [1.807, 2.05) is 0 Å². The summed E-state index contributed by atoms with van der Waals surface area (Å²) in [7, 11) is -3.01. The molecule has 0 spiro atoms. The van der Waals surface area contributed by atoms with E-state index >= 15 is 0 Å². The monoisotopic (exact) mass is 355 g/mol. The number of benzene rings is 1. The van der Waals surface area contributed by atoms with Gasteiger partial charge in [0.2, 0.25) is 5.82 Å². The van der Waals surface area contributed by atoms with Gasteiger partial charge in [0.1, 0.15) is 9.84 Å².